The maximum absolute atomic E-state index is 13.2. The van der Waals surface area contributed by atoms with Crippen LogP contribution in [0.5, 0.6) is 0 Å². The Hall–Kier alpha value is -2.03. The smallest absolute Gasteiger partial charge is 0.211 e. The van der Waals surface area contributed by atoms with Gasteiger partial charge in [-0.15, -0.1) is 0 Å². The maximum atomic E-state index is 13.2. The number of hydrogen-bond donors (Lipinski definition) is 0. The number of rotatable bonds is 2. The van der Waals surface area contributed by atoms with Gasteiger partial charge in [0.05, 0.1) is 0 Å². The van der Waals surface area contributed by atoms with Crippen molar-refractivity contribution in [2.45, 2.75) is 13.8 Å². The van der Waals surface area contributed by atoms with Crippen LogP contribution in [0, 0.1) is 19.7 Å². The average molecular weight is 229 g/mol. The van der Waals surface area contributed by atoms with Gasteiger partial charge in [0.1, 0.15) is 11.5 Å². The first-order valence-electron chi connectivity index (χ1n) is 5.32. The molecule has 0 spiro atoms. The lowest BCUT2D eigenvalue weighted by Gasteiger charge is -2.03. The first kappa shape index (κ1) is 11.5. The van der Waals surface area contributed by atoms with Crippen LogP contribution in [0.15, 0.2) is 36.4 Å². The SMILES string of the molecule is Cc1cc(F)cc(C(=O)c2cccc(C)n2)c1. The Bertz CT molecular complexity index is 558. The first-order chi connectivity index (χ1) is 8.06. The van der Waals surface area contributed by atoms with Crippen molar-refractivity contribution in [1.29, 1.82) is 0 Å². The summed E-state index contributed by atoms with van der Waals surface area (Å²) in [5.74, 6) is -0.655. The van der Waals surface area contributed by atoms with Crippen LogP contribution < -0.4 is 0 Å². The second-order valence-corrected chi connectivity index (χ2v) is 4.01. The fourth-order valence-corrected chi connectivity index (χ4v) is 1.68. The number of aryl methyl sites for hydroxylation is 2. The molecule has 2 rings (SSSR count). The van der Waals surface area contributed by atoms with E-state index in [1.54, 1.807) is 25.1 Å². The van der Waals surface area contributed by atoms with Crippen LogP contribution in [0.3, 0.4) is 0 Å². The van der Waals surface area contributed by atoms with Gasteiger partial charge < -0.3 is 0 Å². The minimum atomic E-state index is -0.402. The lowest BCUT2D eigenvalue weighted by atomic mass is 10.0. The molecule has 3 heteroatoms. The van der Waals surface area contributed by atoms with Crippen molar-refractivity contribution in [3.05, 3.63) is 64.7 Å². The number of halogens is 1. The summed E-state index contributed by atoms with van der Waals surface area (Å²) in [6.45, 7) is 3.57. The third-order valence-electron chi connectivity index (χ3n) is 2.43. The summed E-state index contributed by atoms with van der Waals surface area (Å²) in [6.07, 6.45) is 0. The Morgan fingerprint density at radius 1 is 1.18 bits per heavy atom. The van der Waals surface area contributed by atoms with E-state index in [0.717, 1.165) is 11.3 Å². The number of carbonyl (C=O) groups is 1. The molecule has 0 unspecified atom stereocenters. The first-order valence-corrected chi connectivity index (χ1v) is 5.32. The number of benzene rings is 1. The van der Waals surface area contributed by atoms with E-state index in [9.17, 15) is 9.18 Å². The number of hydrogen-bond acceptors (Lipinski definition) is 2. The van der Waals surface area contributed by atoms with Crippen LogP contribution in [-0.4, -0.2) is 10.8 Å². The second kappa shape index (κ2) is 4.45. The summed E-state index contributed by atoms with van der Waals surface area (Å²) in [4.78, 5) is 16.2. The molecule has 1 aromatic heterocycles. The summed E-state index contributed by atoms with van der Waals surface area (Å²) in [5.41, 5.74) is 2.17. The van der Waals surface area contributed by atoms with Crippen LogP contribution in [0.25, 0.3) is 0 Å². The third kappa shape index (κ3) is 2.56. The molecule has 0 amide bonds. The Kier molecular flexibility index (Phi) is 3.00. The Labute approximate surface area is 99.1 Å². The van der Waals surface area contributed by atoms with Crippen molar-refractivity contribution < 1.29 is 9.18 Å². The van der Waals surface area contributed by atoms with E-state index in [4.69, 9.17) is 0 Å². The molecule has 2 aromatic rings. The summed E-state index contributed by atoms with van der Waals surface area (Å²) >= 11 is 0. The molecule has 0 saturated heterocycles. The van der Waals surface area contributed by atoms with E-state index in [2.05, 4.69) is 4.98 Å². The normalized spacial score (nSPS) is 10.3. The molecule has 0 atom stereocenters. The van der Waals surface area contributed by atoms with Gasteiger partial charge in [0.15, 0.2) is 0 Å². The fraction of sp³-hybridized carbons (Fsp3) is 0.143. The summed E-state index contributed by atoms with van der Waals surface area (Å²) in [7, 11) is 0. The van der Waals surface area contributed by atoms with Crippen molar-refractivity contribution in [2.75, 3.05) is 0 Å². The fourth-order valence-electron chi connectivity index (χ4n) is 1.68. The molecule has 0 aliphatic heterocycles. The van der Waals surface area contributed by atoms with E-state index < -0.39 is 5.82 Å². The summed E-state index contributed by atoms with van der Waals surface area (Å²) < 4.78 is 13.2. The molecule has 1 heterocycles. The van der Waals surface area contributed by atoms with E-state index in [-0.39, 0.29) is 5.78 Å². The summed E-state index contributed by atoms with van der Waals surface area (Å²) in [6, 6.07) is 9.50. The number of ketones is 1. The van der Waals surface area contributed by atoms with Gasteiger partial charge in [-0.3, -0.25) is 4.79 Å². The van der Waals surface area contributed by atoms with Crippen LogP contribution in [0.1, 0.15) is 27.3 Å². The number of pyridine rings is 1. The molecule has 0 radical (unpaired) electrons. The molecule has 86 valence electrons. The van der Waals surface area contributed by atoms with Gasteiger partial charge in [0, 0.05) is 11.3 Å². The van der Waals surface area contributed by atoms with Gasteiger partial charge in [-0.25, -0.2) is 9.37 Å². The second-order valence-electron chi connectivity index (χ2n) is 4.01. The highest BCUT2D eigenvalue weighted by molar-refractivity contribution is 6.07. The minimum Gasteiger partial charge on any atom is -0.287 e. The predicted molar refractivity (Wildman–Crippen MR) is 63.5 cm³/mol. The van der Waals surface area contributed by atoms with Gasteiger partial charge in [0.2, 0.25) is 5.78 Å². The van der Waals surface area contributed by atoms with Crippen LogP contribution >= 0.6 is 0 Å². The Morgan fingerprint density at radius 2 is 1.94 bits per heavy atom. The number of aromatic nitrogens is 1. The van der Waals surface area contributed by atoms with Gasteiger partial charge in [-0.2, -0.15) is 0 Å². The van der Waals surface area contributed by atoms with Crippen molar-refractivity contribution in [3.8, 4) is 0 Å². The average Bonchev–Trinajstić information content (AvgIpc) is 2.26. The van der Waals surface area contributed by atoms with E-state index >= 15 is 0 Å². The van der Waals surface area contributed by atoms with E-state index in [1.165, 1.54) is 12.1 Å². The molecular formula is C14H12FNO. The topological polar surface area (TPSA) is 30.0 Å². The van der Waals surface area contributed by atoms with Gasteiger partial charge in [0.25, 0.3) is 0 Å². The standard InChI is InChI=1S/C14H12FNO/c1-9-6-11(8-12(15)7-9)14(17)13-5-3-4-10(2)16-13/h3-8H,1-2H3. The minimum absolute atomic E-state index is 0.253. The Balaban J connectivity index is 2.43. The highest BCUT2D eigenvalue weighted by Crippen LogP contribution is 2.12. The zero-order valence-electron chi connectivity index (χ0n) is 9.70. The highest BCUT2D eigenvalue weighted by atomic mass is 19.1. The lowest BCUT2D eigenvalue weighted by Crippen LogP contribution is -2.05. The summed E-state index contributed by atoms with van der Waals surface area (Å²) in [5, 5.41) is 0. The van der Waals surface area contributed by atoms with Crippen LogP contribution in [-0.2, 0) is 0 Å². The van der Waals surface area contributed by atoms with Crippen LogP contribution in [0.2, 0.25) is 0 Å². The number of nitrogens with zero attached hydrogens (tertiary/aromatic N) is 1. The quantitative estimate of drug-likeness (QED) is 0.741. The molecular weight excluding hydrogens is 217 g/mol. The van der Waals surface area contributed by atoms with Crippen molar-refractivity contribution in [3.63, 3.8) is 0 Å². The van der Waals surface area contributed by atoms with Crippen LogP contribution in [0.4, 0.5) is 4.39 Å². The monoisotopic (exact) mass is 229 g/mol. The molecule has 0 saturated carbocycles. The highest BCUT2D eigenvalue weighted by Gasteiger charge is 2.11. The lowest BCUT2D eigenvalue weighted by molar-refractivity contribution is 0.103. The zero-order valence-corrected chi connectivity index (χ0v) is 9.70. The largest absolute Gasteiger partial charge is 0.287 e. The molecule has 2 nitrogen and oxygen atoms in total. The van der Waals surface area contributed by atoms with Crippen molar-refractivity contribution in [1.82, 2.24) is 4.98 Å². The van der Waals surface area contributed by atoms with E-state index in [0.29, 0.717) is 11.3 Å². The zero-order chi connectivity index (χ0) is 12.4. The molecule has 17 heavy (non-hydrogen) atoms. The third-order valence-corrected chi connectivity index (χ3v) is 2.43. The van der Waals surface area contributed by atoms with Crippen molar-refractivity contribution >= 4 is 5.78 Å². The Morgan fingerprint density at radius 3 is 2.59 bits per heavy atom. The number of carbonyl (C=O) groups excluding carboxylic acids is 1. The van der Waals surface area contributed by atoms with Gasteiger partial charge in [-0.05, 0) is 49.7 Å². The van der Waals surface area contributed by atoms with Gasteiger partial charge in [-0.1, -0.05) is 6.07 Å². The molecule has 0 aliphatic carbocycles. The maximum Gasteiger partial charge on any atom is 0.211 e. The van der Waals surface area contributed by atoms with E-state index in [1.807, 2.05) is 13.0 Å². The molecule has 0 aliphatic rings. The van der Waals surface area contributed by atoms with Gasteiger partial charge >= 0.3 is 0 Å². The molecule has 1 aromatic carbocycles. The molecule has 0 fully saturated rings. The molecule has 0 N–H and O–H groups in total. The molecule has 0 bridgehead atoms. The van der Waals surface area contributed by atoms with Crippen molar-refractivity contribution in [2.24, 2.45) is 0 Å². The predicted octanol–water partition coefficient (Wildman–Crippen LogP) is 3.07.